The number of alkyl halides is 3. The number of aromatic nitrogens is 2. The van der Waals surface area contributed by atoms with Crippen LogP contribution >= 0.6 is 0 Å². The van der Waals surface area contributed by atoms with Crippen LogP contribution in [-0.4, -0.2) is 46.6 Å². The number of nitrogens with one attached hydrogen (secondary N) is 1. The molecule has 1 heterocycles. The van der Waals surface area contributed by atoms with E-state index < -0.39 is 25.4 Å². The van der Waals surface area contributed by atoms with Crippen LogP contribution in [0, 0.1) is 5.41 Å². The van der Waals surface area contributed by atoms with Crippen molar-refractivity contribution in [3.05, 3.63) is 41.7 Å². The molecule has 0 unspecified atom stereocenters. The maximum absolute atomic E-state index is 12.7. The minimum absolute atomic E-state index is 0.000362. The zero-order valence-electron chi connectivity index (χ0n) is 13.9. The van der Waals surface area contributed by atoms with E-state index in [2.05, 4.69) is 9.97 Å². The van der Waals surface area contributed by atoms with Gasteiger partial charge in [0, 0.05) is 5.69 Å². The third kappa shape index (κ3) is 4.11. The van der Waals surface area contributed by atoms with Gasteiger partial charge in [0.25, 0.3) is 0 Å². The first-order valence-electron chi connectivity index (χ1n) is 7.43. The van der Waals surface area contributed by atoms with Crippen molar-refractivity contribution >= 4 is 24.3 Å². The molecule has 0 fully saturated rings. The average molecular weight is 368 g/mol. The molecule has 138 valence electrons. The monoisotopic (exact) mass is 368 g/mol. The second kappa shape index (κ2) is 7.71. The number of hydrogen-bond donors (Lipinski definition) is 3. The van der Waals surface area contributed by atoms with E-state index in [1.807, 2.05) is 0 Å². The topological polar surface area (TPSA) is 103 Å². The van der Waals surface area contributed by atoms with Gasteiger partial charge in [0.15, 0.2) is 5.82 Å². The Morgan fingerprint density at radius 1 is 1.31 bits per heavy atom. The largest absolute Gasteiger partial charge is 0.480 e. The number of benzene rings is 1. The predicted octanol–water partition coefficient (Wildman–Crippen LogP) is 2.11. The van der Waals surface area contributed by atoms with E-state index in [1.165, 1.54) is 37.1 Å². The van der Waals surface area contributed by atoms with E-state index in [1.54, 1.807) is 0 Å². The normalized spacial score (nSPS) is 11.2. The first-order chi connectivity index (χ1) is 12.2. The smallest absolute Gasteiger partial charge is 0.416 e. The molecule has 26 heavy (non-hydrogen) atoms. The number of aliphatic hydroxyl groups is 1. The second-order valence-corrected chi connectivity index (χ2v) is 5.27. The molecule has 0 saturated carbocycles. The molecule has 0 radical (unpaired) electrons. The van der Waals surface area contributed by atoms with Crippen LogP contribution in [0.5, 0.6) is 5.88 Å². The van der Waals surface area contributed by atoms with Crippen LogP contribution in [0.4, 0.5) is 24.7 Å². The van der Waals surface area contributed by atoms with Crippen LogP contribution in [0.1, 0.15) is 11.3 Å². The van der Waals surface area contributed by atoms with Gasteiger partial charge in [-0.25, -0.2) is 9.97 Å². The number of hydrogen-bond acceptors (Lipinski definition) is 7. The number of methoxy groups -OCH3 is 1. The van der Waals surface area contributed by atoms with Gasteiger partial charge < -0.3 is 25.1 Å². The van der Waals surface area contributed by atoms with Crippen LogP contribution in [0.25, 0.3) is 0 Å². The highest BCUT2D eigenvalue weighted by molar-refractivity contribution is 6.56. The molecule has 0 aliphatic rings. The predicted molar refractivity (Wildman–Crippen MR) is 89.9 cm³/mol. The van der Waals surface area contributed by atoms with Gasteiger partial charge in [-0.3, -0.25) is 0 Å². The fourth-order valence-corrected chi connectivity index (χ4v) is 2.24. The Bertz CT molecular complexity index is 785. The summed E-state index contributed by atoms with van der Waals surface area (Å²) in [5.74, 6) is 0.0829. The molecule has 7 nitrogen and oxygen atoms in total. The lowest BCUT2D eigenvalue weighted by atomic mass is 9.83. The van der Waals surface area contributed by atoms with E-state index in [0.29, 0.717) is 0 Å². The summed E-state index contributed by atoms with van der Waals surface area (Å²) in [6, 6.07) is 4.10. The highest BCUT2D eigenvalue weighted by Gasteiger charge is 2.31. The molecule has 1 aromatic carbocycles. The molecule has 3 N–H and O–H groups in total. The minimum Gasteiger partial charge on any atom is -0.480 e. The summed E-state index contributed by atoms with van der Waals surface area (Å²) in [6.45, 7) is 0.742. The lowest BCUT2D eigenvalue weighted by molar-refractivity contribution is -0.137. The molecule has 0 saturated heterocycles. The van der Waals surface area contributed by atoms with E-state index in [9.17, 15) is 23.3 Å². The van der Waals surface area contributed by atoms with Gasteiger partial charge >= 0.3 is 13.2 Å². The summed E-state index contributed by atoms with van der Waals surface area (Å²) in [6.07, 6.45) is -3.25. The standard InChI is InChI=1S/C15H16BF3N4O3/c1-16(25)23(10-5-3-9(4-6-10)15(17,18)19)14-13(11(20)8-24)22-12(26-2)7-21-14/h3-7,20,24-25H,8H2,1-2H3. The van der Waals surface area contributed by atoms with Crippen molar-refractivity contribution in [1.82, 2.24) is 9.97 Å². The van der Waals surface area contributed by atoms with Gasteiger partial charge in [-0.15, -0.1) is 0 Å². The number of rotatable bonds is 6. The Kier molecular flexibility index (Phi) is 5.83. The van der Waals surface area contributed by atoms with Gasteiger partial charge in [0.2, 0.25) is 5.88 Å². The Balaban J connectivity index is 2.56. The highest BCUT2D eigenvalue weighted by atomic mass is 19.4. The number of ether oxygens (including phenoxy) is 1. The van der Waals surface area contributed by atoms with Crippen LogP contribution < -0.4 is 9.55 Å². The van der Waals surface area contributed by atoms with E-state index in [-0.39, 0.29) is 28.8 Å². The van der Waals surface area contributed by atoms with Crippen molar-refractivity contribution in [2.75, 3.05) is 18.5 Å². The van der Waals surface area contributed by atoms with E-state index in [4.69, 9.17) is 10.1 Å². The Morgan fingerprint density at radius 3 is 2.38 bits per heavy atom. The van der Waals surface area contributed by atoms with Gasteiger partial charge in [-0.1, -0.05) is 0 Å². The Labute approximate surface area is 147 Å². The summed E-state index contributed by atoms with van der Waals surface area (Å²) in [5, 5.41) is 27.2. The van der Waals surface area contributed by atoms with Crippen molar-refractivity contribution in [2.24, 2.45) is 0 Å². The molecule has 0 aliphatic heterocycles. The van der Waals surface area contributed by atoms with Gasteiger partial charge in [0.1, 0.15) is 5.69 Å². The van der Waals surface area contributed by atoms with Gasteiger partial charge in [0.05, 0.1) is 31.2 Å². The third-order valence-electron chi connectivity index (χ3n) is 3.46. The second-order valence-electron chi connectivity index (χ2n) is 5.27. The summed E-state index contributed by atoms with van der Waals surface area (Å²) >= 11 is 0. The van der Waals surface area contributed by atoms with Crippen molar-refractivity contribution in [1.29, 1.82) is 5.41 Å². The fourth-order valence-electron chi connectivity index (χ4n) is 2.24. The first-order valence-corrected chi connectivity index (χ1v) is 7.43. The lowest BCUT2D eigenvalue weighted by Gasteiger charge is -2.27. The van der Waals surface area contributed by atoms with Crippen molar-refractivity contribution in [2.45, 2.75) is 13.0 Å². The fraction of sp³-hybridized carbons (Fsp3) is 0.267. The van der Waals surface area contributed by atoms with Crippen LogP contribution in [0.15, 0.2) is 30.5 Å². The van der Waals surface area contributed by atoms with Crippen molar-refractivity contribution < 1.29 is 28.0 Å². The number of halogens is 3. The Hall–Kier alpha value is -2.66. The maximum atomic E-state index is 12.7. The molecule has 0 atom stereocenters. The van der Waals surface area contributed by atoms with E-state index >= 15 is 0 Å². The van der Waals surface area contributed by atoms with E-state index in [0.717, 1.165) is 12.1 Å². The molecule has 2 rings (SSSR count). The zero-order chi connectivity index (χ0) is 19.5. The number of anilines is 2. The third-order valence-corrected chi connectivity index (χ3v) is 3.46. The molecule has 1 aromatic heterocycles. The molecular formula is C15H16BF3N4O3. The lowest BCUT2D eigenvalue weighted by Crippen LogP contribution is -2.35. The van der Waals surface area contributed by atoms with Crippen molar-refractivity contribution in [3.63, 3.8) is 0 Å². The summed E-state index contributed by atoms with van der Waals surface area (Å²) in [4.78, 5) is 9.34. The quantitative estimate of drug-likeness (QED) is 0.533. The number of aliphatic hydroxyl groups excluding tert-OH is 1. The van der Waals surface area contributed by atoms with Gasteiger partial charge in [-0.2, -0.15) is 13.2 Å². The maximum Gasteiger partial charge on any atom is 0.416 e. The van der Waals surface area contributed by atoms with Crippen LogP contribution in [-0.2, 0) is 6.18 Å². The molecule has 0 bridgehead atoms. The summed E-state index contributed by atoms with van der Waals surface area (Å²) < 4.78 is 43.2. The molecule has 11 heteroatoms. The molecule has 0 spiro atoms. The van der Waals surface area contributed by atoms with Crippen LogP contribution in [0.3, 0.4) is 0 Å². The molecule has 2 aromatic rings. The summed E-state index contributed by atoms with van der Waals surface area (Å²) in [5.41, 5.74) is -0.980. The molecular weight excluding hydrogens is 352 g/mol. The minimum atomic E-state index is -4.49. The highest BCUT2D eigenvalue weighted by Crippen LogP contribution is 2.33. The molecule has 0 amide bonds. The first kappa shape index (κ1) is 19.7. The van der Waals surface area contributed by atoms with Crippen molar-refractivity contribution in [3.8, 4) is 5.88 Å². The number of nitrogens with zero attached hydrogens (tertiary/aromatic N) is 3. The zero-order valence-corrected chi connectivity index (χ0v) is 13.9. The SMILES string of the molecule is COc1cnc(N(B(C)O)c2ccc(C(F)(F)F)cc2)c(C(=N)CO)n1. The van der Waals surface area contributed by atoms with Gasteiger partial charge in [-0.05, 0) is 31.1 Å². The average Bonchev–Trinajstić information content (AvgIpc) is 2.61. The summed E-state index contributed by atoms with van der Waals surface area (Å²) in [7, 11) is 0.151. The Morgan fingerprint density at radius 2 is 1.92 bits per heavy atom. The van der Waals surface area contributed by atoms with Crippen LogP contribution in [0.2, 0.25) is 6.82 Å². The molecule has 0 aliphatic carbocycles.